The van der Waals surface area contributed by atoms with Crippen LogP contribution in [0.15, 0.2) is 75.8 Å². The number of pyridine rings is 1. The molecule has 10 heteroatoms. The number of aromatic nitrogens is 3. The second kappa shape index (κ2) is 9.13. The van der Waals surface area contributed by atoms with E-state index in [1.54, 1.807) is 48.0 Å². The fraction of sp³-hybridized carbons (Fsp3) is 0.0769. The summed E-state index contributed by atoms with van der Waals surface area (Å²) in [5.74, 6) is 0.461. The van der Waals surface area contributed by atoms with Gasteiger partial charge in [0.15, 0.2) is 9.84 Å². The Bertz CT molecular complexity index is 1820. The highest BCUT2D eigenvalue weighted by Crippen LogP contribution is 2.34. The van der Waals surface area contributed by atoms with Crippen LogP contribution in [0.4, 0.5) is 11.6 Å². The molecule has 2 aromatic heterocycles. The number of aromatic amines is 1. The van der Waals surface area contributed by atoms with Gasteiger partial charge in [-0.15, -0.1) is 0 Å². The van der Waals surface area contributed by atoms with Gasteiger partial charge in [-0.1, -0.05) is 53.5 Å². The molecule has 5 rings (SSSR count). The molecule has 5 aromatic rings. The van der Waals surface area contributed by atoms with Crippen molar-refractivity contribution in [1.29, 1.82) is 0 Å². The molecule has 0 amide bonds. The molecule has 36 heavy (non-hydrogen) atoms. The Morgan fingerprint density at radius 2 is 1.69 bits per heavy atom. The number of imidazole rings is 1. The van der Waals surface area contributed by atoms with E-state index in [9.17, 15) is 13.2 Å². The number of nitrogens with zero attached hydrogens (tertiary/aromatic N) is 2. The molecule has 0 aliphatic carbocycles. The Labute approximate surface area is 216 Å². The number of aryl methyl sites for hydroxylation is 2. The van der Waals surface area contributed by atoms with Crippen molar-refractivity contribution in [2.45, 2.75) is 11.8 Å². The number of fused-ring (bicyclic) bond motifs is 3. The van der Waals surface area contributed by atoms with Crippen molar-refractivity contribution in [2.75, 3.05) is 5.32 Å². The highest BCUT2D eigenvalue weighted by atomic mass is 35.5. The minimum absolute atomic E-state index is 0.178. The summed E-state index contributed by atoms with van der Waals surface area (Å²) < 4.78 is 27.1. The van der Waals surface area contributed by atoms with Crippen LogP contribution in [0.25, 0.3) is 27.9 Å². The Morgan fingerprint density at radius 1 is 1.00 bits per heavy atom. The number of H-pyrrole nitrogens is 1. The second-order valence-electron chi connectivity index (χ2n) is 8.23. The molecule has 7 nitrogen and oxygen atoms in total. The Hall–Kier alpha value is -3.59. The van der Waals surface area contributed by atoms with Crippen LogP contribution in [0.2, 0.25) is 10.0 Å². The highest BCUT2D eigenvalue weighted by molar-refractivity contribution is 7.94. The second-order valence-corrected chi connectivity index (χ2v) is 10.9. The third kappa shape index (κ3) is 4.17. The Kier molecular flexibility index (Phi) is 6.12. The first-order valence-corrected chi connectivity index (χ1v) is 13.2. The number of hydrogen-bond donors (Lipinski definition) is 2. The van der Waals surface area contributed by atoms with E-state index in [1.807, 2.05) is 19.1 Å². The fourth-order valence-corrected chi connectivity index (χ4v) is 5.63. The van der Waals surface area contributed by atoms with E-state index in [0.29, 0.717) is 49.2 Å². The average Bonchev–Trinajstić information content (AvgIpc) is 3.18. The summed E-state index contributed by atoms with van der Waals surface area (Å²) in [6.07, 6.45) is 1.42. The molecule has 0 fully saturated rings. The molecule has 182 valence electrons. The minimum atomic E-state index is -3.66. The van der Waals surface area contributed by atoms with Gasteiger partial charge in [0, 0.05) is 18.1 Å². The van der Waals surface area contributed by atoms with Crippen molar-refractivity contribution in [3.8, 4) is 0 Å². The predicted molar refractivity (Wildman–Crippen MR) is 146 cm³/mol. The van der Waals surface area contributed by atoms with E-state index in [2.05, 4.69) is 15.3 Å². The van der Waals surface area contributed by atoms with Crippen LogP contribution < -0.4 is 10.9 Å². The van der Waals surface area contributed by atoms with Gasteiger partial charge in [-0.05, 0) is 54.3 Å². The molecule has 3 aromatic carbocycles. The summed E-state index contributed by atoms with van der Waals surface area (Å²) in [4.78, 5) is 20.9. The summed E-state index contributed by atoms with van der Waals surface area (Å²) >= 11 is 12.6. The van der Waals surface area contributed by atoms with Gasteiger partial charge in [0.2, 0.25) is 5.95 Å². The highest BCUT2D eigenvalue weighted by Gasteiger charge is 2.18. The summed E-state index contributed by atoms with van der Waals surface area (Å²) in [5.41, 5.74) is 2.53. The molecule has 0 aliphatic heterocycles. The van der Waals surface area contributed by atoms with Gasteiger partial charge in [-0.3, -0.25) is 4.79 Å². The summed E-state index contributed by atoms with van der Waals surface area (Å²) in [6.45, 7) is 1.83. The first-order chi connectivity index (χ1) is 17.2. The van der Waals surface area contributed by atoms with Crippen LogP contribution in [0, 0.1) is 6.92 Å². The van der Waals surface area contributed by atoms with Gasteiger partial charge in [-0.2, -0.15) is 0 Å². The lowest BCUT2D eigenvalue weighted by Gasteiger charge is -2.11. The monoisotopic (exact) mass is 538 g/mol. The maximum atomic E-state index is 13.2. The molecule has 0 aliphatic rings. The van der Waals surface area contributed by atoms with E-state index < -0.39 is 9.84 Å². The number of hydrogen-bond acceptors (Lipinski definition) is 5. The molecule has 0 atom stereocenters. The summed E-state index contributed by atoms with van der Waals surface area (Å²) in [7, 11) is -1.87. The molecule has 2 N–H and O–H groups in total. The van der Waals surface area contributed by atoms with Crippen LogP contribution in [0.3, 0.4) is 0 Å². The molecular weight excluding hydrogens is 519 g/mol. The van der Waals surface area contributed by atoms with Crippen LogP contribution in [-0.4, -0.2) is 23.0 Å². The van der Waals surface area contributed by atoms with Crippen molar-refractivity contribution in [1.82, 2.24) is 14.5 Å². The zero-order chi connectivity index (χ0) is 25.6. The zero-order valence-corrected chi connectivity index (χ0v) is 21.5. The van der Waals surface area contributed by atoms with Crippen molar-refractivity contribution >= 4 is 72.6 Å². The lowest BCUT2D eigenvalue weighted by atomic mass is 10.0. The summed E-state index contributed by atoms with van der Waals surface area (Å²) in [5, 5.41) is 6.27. The molecule has 2 heterocycles. The van der Waals surface area contributed by atoms with E-state index in [-0.39, 0.29) is 10.5 Å². The predicted octanol–water partition coefficient (Wildman–Crippen LogP) is 6.22. The smallest absolute Gasteiger partial charge is 0.258 e. The number of sulfone groups is 1. The maximum Gasteiger partial charge on any atom is 0.258 e. The number of para-hydroxylation sites is 1. The average molecular weight is 539 g/mol. The van der Waals surface area contributed by atoms with Crippen molar-refractivity contribution in [2.24, 2.45) is 7.05 Å². The van der Waals surface area contributed by atoms with Gasteiger partial charge in [-0.25, -0.2) is 13.4 Å². The third-order valence-corrected chi connectivity index (χ3v) is 8.06. The number of halogens is 2. The lowest BCUT2D eigenvalue weighted by Crippen LogP contribution is -2.11. The van der Waals surface area contributed by atoms with Crippen LogP contribution in [-0.2, 0) is 16.9 Å². The molecule has 0 spiro atoms. The van der Waals surface area contributed by atoms with E-state index >= 15 is 0 Å². The number of anilines is 2. The van der Waals surface area contributed by atoms with Gasteiger partial charge in [0.25, 0.3) is 5.56 Å². The van der Waals surface area contributed by atoms with Gasteiger partial charge >= 0.3 is 0 Å². The van der Waals surface area contributed by atoms with E-state index in [0.717, 1.165) is 11.0 Å². The minimum Gasteiger partial charge on any atom is -0.323 e. The molecule has 0 unspecified atom stereocenters. The summed E-state index contributed by atoms with van der Waals surface area (Å²) in [6, 6.07) is 16.9. The van der Waals surface area contributed by atoms with Crippen LogP contribution in [0.1, 0.15) is 11.3 Å². The molecular formula is C26H20Cl2N4O3S. The van der Waals surface area contributed by atoms with Crippen molar-refractivity contribution in [3.05, 3.63) is 97.7 Å². The largest absolute Gasteiger partial charge is 0.323 e. The Morgan fingerprint density at radius 3 is 2.39 bits per heavy atom. The molecule has 0 bridgehead atoms. The van der Waals surface area contributed by atoms with Gasteiger partial charge < -0.3 is 14.9 Å². The Balaban J connectivity index is 1.62. The number of nitrogens with one attached hydrogen (secondary N) is 2. The maximum absolute atomic E-state index is 13.2. The van der Waals surface area contributed by atoms with Gasteiger partial charge in [0.05, 0.1) is 37.0 Å². The normalized spacial score (nSPS) is 12.1. The number of rotatable bonds is 5. The first kappa shape index (κ1) is 24.1. The molecule has 0 saturated heterocycles. The lowest BCUT2D eigenvalue weighted by molar-refractivity contribution is 0.605. The zero-order valence-electron chi connectivity index (χ0n) is 19.2. The molecule has 0 saturated carbocycles. The van der Waals surface area contributed by atoms with E-state index in [1.165, 1.54) is 18.2 Å². The van der Waals surface area contributed by atoms with Gasteiger partial charge in [0.1, 0.15) is 0 Å². The topological polar surface area (TPSA) is 96.8 Å². The van der Waals surface area contributed by atoms with Crippen molar-refractivity contribution < 1.29 is 8.42 Å². The van der Waals surface area contributed by atoms with Crippen LogP contribution in [0.5, 0.6) is 0 Å². The van der Waals surface area contributed by atoms with Crippen LogP contribution >= 0.6 is 23.2 Å². The van der Waals surface area contributed by atoms with E-state index in [4.69, 9.17) is 23.2 Å². The first-order valence-electron chi connectivity index (χ1n) is 10.9. The fourth-order valence-electron chi connectivity index (χ4n) is 4.12. The number of benzene rings is 3. The van der Waals surface area contributed by atoms with Crippen molar-refractivity contribution in [3.63, 3.8) is 0 Å². The molecule has 0 radical (unpaired) electrons. The SMILES string of the molecule is Cc1c(C=CS(=O)(=O)c2ccccc2)[nH]c(=O)c2c1ccc1nc(Nc3c(Cl)cccc3Cl)n(C)c12. The third-order valence-electron chi connectivity index (χ3n) is 6.00. The quantitative estimate of drug-likeness (QED) is 0.277. The standard InChI is InChI=1S/C26H20Cl2N4O3S/c1-15-17-11-12-21-24(32(2)26(30-21)31-23-18(27)9-6-10-19(23)28)22(17)25(33)29-20(15)13-14-36(34,35)16-7-4-3-5-8-16/h3-14H,1-2H3,(H,29,33)(H,30,31).